The van der Waals surface area contributed by atoms with Gasteiger partial charge in [-0.1, -0.05) is 13.3 Å². The number of aryl methyl sites for hydroxylation is 1. The summed E-state index contributed by atoms with van der Waals surface area (Å²) < 4.78 is 6.94. The minimum absolute atomic E-state index is 0.170. The summed E-state index contributed by atoms with van der Waals surface area (Å²) in [6.07, 6.45) is 6.82. The number of rotatable bonds is 8. The quantitative estimate of drug-likeness (QED) is 0.358. The molecule has 0 spiro atoms. The van der Waals surface area contributed by atoms with Crippen molar-refractivity contribution in [2.24, 2.45) is 0 Å². The van der Waals surface area contributed by atoms with Crippen molar-refractivity contribution < 1.29 is 9.21 Å². The van der Waals surface area contributed by atoms with Crippen molar-refractivity contribution in [3.63, 3.8) is 0 Å². The summed E-state index contributed by atoms with van der Waals surface area (Å²) >= 11 is 0. The number of benzene rings is 1. The molecule has 0 aliphatic carbocycles. The molecule has 34 heavy (non-hydrogen) atoms. The van der Waals surface area contributed by atoms with Gasteiger partial charge in [0, 0.05) is 41.0 Å². The predicted molar refractivity (Wildman–Crippen MR) is 128 cm³/mol. The summed E-state index contributed by atoms with van der Waals surface area (Å²) in [6.45, 7) is 2.45. The van der Waals surface area contributed by atoms with Crippen LogP contribution in [0.1, 0.15) is 35.2 Å². The highest BCUT2D eigenvalue weighted by molar-refractivity contribution is 5.94. The fraction of sp³-hybridized carbons (Fsp3) is 0.160. The Kier molecular flexibility index (Phi) is 5.98. The largest absolute Gasteiger partial charge is 0.467 e. The Balaban J connectivity index is 1.38. The van der Waals surface area contributed by atoms with Crippen LogP contribution in [0, 0.1) is 0 Å². The third-order valence-electron chi connectivity index (χ3n) is 5.21. The third-order valence-corrected chi connectivity index (χ3v) is 5.21. The van der Waals surface area contributed by atoms with Gasteiger partial charge < -0.3 is 15.1 Å². The van der Waals surface area contributed by atoms with Crippen molar-refractivity contribution in [3.05, 3.63) is 90.3 Å². The summed E-state index contributed by atoms with van der Waals surface area (Å²) in [4.78, 5) is 25.9. The van der Waals surface area contributed by atoms with E-state index in [1.807, 2.05) is 36.4 Å². The number of nitrogens with zero attached hydrogens (tertiary/aromatic N) is 5. The maximum atomic E-state index is 12.4. The van der Waals surface area contributed by atoms with Gasteiger partial charge in [-0.25, -0.2) is 4.98 Å². The Morgan fingerprint density at radius 1 is 1.09 bits per heavy atom. The van der Waals surface area contributed by atoms with E-state index in [2.05, 4.69) is 37.6 Å². The van der Waals surface area contributed by atoms with Crippen molar-refractivity contribution in [2.45, 2.75) is 26.3 Å². The number of carbonyl (C=O) groups is 1. The summed E-state index contributed by atoms with van der Waals surface area (Å²) in [5.41, 5.74) is 3.12. The Bertz CT molecular complexity index is 1400. The first-order chi connectivity index (χ1) is 16.7. The summed E-state index contributed by atoms with van der Waals surface area (Å²) in [5, 5.41) is 10.9. The molecule has 0 fully saturated rings. The Morgan fingerprint density at radius 3 is 2.71 bits per heavy atom. The third kappa shape index (κ3) is 4.63. The summed E-state index contributed by atoms with van der Waals surface area (Å²) in [6, 6.07) is 16.6. The van der Waals surface area contributed by atoms with E-state index in [0.29, 0.717) is 29.5 Å². The van der Waals surface area contributed by atoms with Crippen molar-refractivity contribution in [3.8, 4) is 11.4 Å². The van der Waals surface area contributed by atoms with Crippen LogP contribution in [0.3, 0.4) is 0 Å². The first-order valence-corrected chi connectivity index (χ1v) is 11.0. The number of pyridine rings is 1. The molecular weight excluding hydrogens is 430 g/mol. The smallest absolute Gasteiger partial charge is 0.254 e. The van der Waals surface area contributed by atoms with Gasteiger partial charge in [-0.05, 0) is 55.0 Å². The van der Waals surface area contributed by atoms with E-state index in [1.54, 1.807) is 41.4 Å². The Labute approximate surface area is 195 Å². The van der Waals surface area contributed by atoms with E-state index >= 15 is 0 Å². The minimum atomic E-state index is -0.170. The lowest BCUT2D eigenvalue weighted by atomic mass is 10.2. The number of hydrogen-bond donors (Lipinski definition) is 2. The van der Waals surface area contributed by atoms with Crippen molar-refractivity contribution in [1.82, 2.24) is 29.9 Å². The van der Waals surface area contributed by atoms with E-state index in [9.17, 15) is 4.79 Å². The van der Waals surface area contributed by atoms with Gasteiger partial charge in [0.05, 0.1) is 12.8 Å². The van der Waals surface area contributed by atoms with Gasteiger partial charge in [-0.2, -0.15) is 9.50 Å². The lowest BCUT2D eigenvalue weighted by Gasteiger charge is -2.10. The highest BCUT2D eigenvalue weighted by Gasteiger charge is 2.13. The summed E-state index contributed by atoms with van der Waals surface area (Å²) in [7, 11) is 0. The first-order valence-electron chi connectivity index (χ1n) is 11.0. The molecule has 0 saturated carbocycles. The zero-order valence-electron chi connectivity index (χ0n) is 18.6. The normalized spacial score (nSPS) is 11.0. The highest BCUT2D eigenvalue weighted by atomic mass is 16.3. The van der Waals surface area contributed by atoms with E-state index in [-0.39, 0.29) is 5.91 Å². The predicted octanol–water partition coefficient (Wildman–Crippen LogP) is 4.41. The molecule has 0 aliphatic rings. The van der Waals surface area contributed by atoms with Crippen molar-refractivity contribution in [1.29, 1.82) is 0 Å². The topological polar surface area (TPSA) is 110 Å². The van der Waals surface area contributed by atoms with E-state index in [4.69, 9.17) is 4.42 Å². The fourth-order valence-corrected chi connectivity index (χ4v) is 3.54. The highest BCUT2D eigenvalue weighted by Crippen LogP contribution is 2.22. The number of hydrogen-bond acceptors (Lipinski definition) is 7. The second kappa shape index (κ2) is 9.53. The molecule has 1 amide bonds. The van der Waals surface area contributed by atoms with Gasteiger partial charge >= 0.3 is 0 Å². The number of aromatic nitrogens is 5. The van der Waals surface area contributed by atoms with E-state index < -0.39 is 0 Å². The maximum Gasteiger partial charge on any atom is 0.254 e. The van der Waals surface area contributed by atoms with Crippen LogP contribution in [0.25, 0.3) is 17.2 Å². The monoisotopic (exact) mass is 453 g/mol. The lowest BCUT2D eigenvalue weighted by Crippen LogP contribution is -2.22. The lowest BCUT2D eigenvalue weighted by molar-refractivity contribution is 0.0948. The number of carbonyl (C=O) groups excluding carboxylic acids is 1. The molecule has 5 aromatic rings. The molecule has 0 radical (unpaired) electrons. The van der Waals surface area contributed by atoms with Gasteiger partial charge in [0.15, 0.2) is 5.82 Å². The second-order valence-corrected chi connectivity index (χ2v) is 7.74. The zero-order valence-corrected chi connectivity index (χ0v) is 18.6. The molecule has 0 bridgehead atoms. The van der Waals surface area contributed by atoms with Crippen LogP contribution in [-0.4, -0.2) is 30.5 Å². The zero-order chi connectivity index (χ0) is 23.3. The van der Waals surface area contributed by atoms with Crippen LogP contribution in [0.15, 0.2) is 77.7 Å². The molecule has 9 nitrogen and oxygen atoms in total. The van der Waals surface area contributed by atoms with Crippen molar-refractivity contribution in [2.75, 3.05) is 5.32 Å². The van der Waals surface area contributed by atoms with Crippen LogP contribution in [0.5, 0.6) is 0 Å². The molecule has 5 rings (SSSR count). The molecule has 4 heterocycles. The molecule has 0 saturated heterocycles. The standard InChI is InChI=1S/C25H23N7O2/c1-2-5-20-14-22(32-25(29-20)30-23(31-32)18-6-3-12-26-15-18)28-19-10-8-17(9-11-19)24(33)27-16-21-7-4-13-34-21/h3-4,6-15,28H,2,5,16H2,1H3,(H,27,33). The van der Waals surface area contributed by atoms with Gasteiger partial charge in [-0.3, -0.25) is 9.78 Å². The summed E-state index contributed by atoms with van der Waals surface area (Å²) in [5.74, 6) is 2.35. The number of furan rings is 1. The van der Waals surface area contributed by atoms with Gasteiger partial charge in [-0.15, -0.1) is 5.10 Å². The molecule has 1 aromatic carbocycles. The fourth-order valence-electron chi connectivity index (χ4n) is 3.54. The first kappa shape index (κ1) is 21.3. The van der Waals surface area contributed by atoms with Gasteiger partial charge in [0.25, 0.3) is 11.7 Å². The van der Waals surface area contributed by atoms with Gasteiger partial charge in [0.2, 0.25) is 0 Å². The Hall–Kier alpha value is -4.53. The molecule has 4 aromatic heterocycles. The average Bonchev–Trinajstić information content (AvgIpc) is 3.54. The van der Waals surface area contributed by atoms with E-state index in [1.165, 1.54) is 0 Å². The van der Waals surface area contributed by atoms with Crippen LogP contribution >= 0.6 is 0 Å². The molecule has 0 aliphatic heterocycles. The van der Waals surface area contributed by atoms with Crippen LogP contribution in [-0.2, 0) is 13.0 Å². The molecule has 0 unspecified atom stereocenters. The molecular formula is C25H23N7O2. The SMILES string of the molecule is CCCc1cc(Nc2ccc(C(=O)NCc3ccco3)cc2)n2nc(-c3cccnc3)nc2n1. The Morgan fingerprint density at radius 2 is 1.97 bits per heavy atom. The number of nitrogens with one attached hydrogen (secondary N) is 2. The molecule has 170 valence electrons. The number of anilines is 2. The molecule has 0 atom stereocenters. The average molecular weight is 454 g/mol. The van der Waals surface area contributed by atoms with Crippen LogP contribution in [0.4, 0.5) is 11.5 Å². The second-order valence-electron chi connectivity index (χ2n) is 7.74. The maximum absolute atomic E-state index is 12.4. The number of amides is 1. The van der Waals surface area contributed by atoms with E-state index in [0.717, 1.165) is 35.6 Å². The molecule has 2 N–H and O–H groups in total. The van der Waals surface area contributed by atoms with Crippen molar-refractivity contribution >= 4 is 23.2 Å². The van der Waals surface area contributed by atoms with Crippen LogP contribution < -0.4 is 10.6 Å². The minimum Gasteiger partial charge on any atom is -0.467 e. The number of fused-ring (bicyclic) bond motifs is 1. The van der Waals surface area contributed by atoms with Gasteiger partial charge in [0.1, 0.15) is 11.6 Å². The molecule has 9 heteroatoms. The van der Waals surface area contributed by atoms with Crippen LogP contribution in [0.2, 0.25) is 0 Å².